The fourth-order valence-corrected chi connectivity index (χ4v) is 2.56. The summed E-state index contributed by atoms with van der Waals surface area (Å²) in [7, 11) is 0.867. The number of hydrogen-bond donors (Lipinski definition) is 1. The number of rotatable bonds is 5. The Labute approximate surface area is 127 Å². The van der Waals surface area contributed by atoms with E-state index in [-0.39, 0.29) is 10.6 Å². The van der Waals surface area contributed by atoms with Crippen molar-refractivity contribution in [2.45, 2.75) is 38.9 Å². The number of methoxy groups -OCH3 is 2. The van der Waals surface area contributed by atoms with Gasteiger partial charge in [0, 0.05) is 0 Å². The van der Waals surface area contributed by atoms with Crippen LogP contribution in [0.5, 0.6) is 17.2 Å². The van der Waals surface area contributed by atoms with Crippen molar-refractivity contribution in [3.05, 3.63) is 17.7 Å². The number of ether oxygens (including phenoxy) is 2. The first-order chi connectivity index (χ1) is 9.53. The van der Waals surface area contributed by atoms with Gasteiger partial charge < -0.3 is 19.0 Å². The molecule has 1 aromatic carbocycles. The fourth-order valence-electron chi connectivity index (χ4n) is 1.56. The number of carboxylic acid groups (broad SMARTS) is 1. The summed E-state index contributed by atoms with van der Waals surface area (Å²) in [5.41, 5.74) is 0.112. The Morgan fingerprint density at radius 3 is 2.00 bits per heavy atom. The predicted molar refractivity (Wildman–Crippen MR) is 84.3 cm³/mol. The number of benzene rings is 1. The van der Waals surface area contributed by atoms with E-state index in [2.05, 4.69) is 33.9 Å². The van der Waals surface area contributed by atoms with Gasteiger partial charge in [0.15, 0.2) is 11.5 Å². The molecular weight excluding hydrogens is 288 g/mol. The molecule has 1 N–H and O–H groups in total. The van der Waals surface area contributed by atoms with E-state index in [0.29, 0.717) is 17.2 Å². The Morgan fingerprint density at radius 1 is 1.10 bits per heavy atom. The van der Waals surface area contributed by atoms with Crippen LogP contribution in [0.4, 0.5) is 0 Å². The third-order valence-electron chi connectivity index (χ3n) is 3.86. The van der Waals surface area contributed by atoms with Gasteiger partial charge in [-0.25, -0.2) is 4.79 Å². The van der Waals surface area contributed by atoms with Gasteiger partial charge in [0.05, 0.1) is 19.8 Å². The Balaban J connectivity index is 3.39. The molecule has 0 spiro atoms. The van der Waals surface area contributed by atoms with Gasteiger partial charge in [-0.1, -0.05) is 20.8 Å². The molecule has 1 rings (SSSR count). The van der Waals surface area contributed by atoms with Gasteiger partial charge in [0.25, 0.3) is 8.32 Å². The van der Waals surface area contributed by atoms with Gasteiger partial charge in [-0.3, -0.25) is 0 Å². The van der Waals surface area contributed by atoms with Crippen LogP contribution in [0.25, 0.3) is 0 Å². The van der Waals surface area contributed by atoms with Gasteiger partial charge in [-0.15, -0.1) is 0 Å². The van der Waals surface area contributed by atoms with Gasteiger partial charge in [0.2, 0.25) is 5.75 Å². The number of carboxylic acids is 1. The molecule has 1 aromatic rings. The Morgan fingerprint density at radius 2 is 1.62 bits per heavy atom. The lowest BCUT2D eigenvalue weighted by Crippen LogP contribution is -2.44. The van der Waals surface area contributed by atoms with E-state index >= 15 is 0 Å². The summed E-state index contributed by atoms with van der Waals surface area (Å²) < 4.78 is 16.7. The first-order valence-electron chi connectivity index (χ1n) is 6.72. The van der Waals surface area contributed by atoms with Crippen molar-refractivity contribution >= 4 is 14.3 Å². The summed E-state index contributed by atoms with van der Waals surface area (Å²) in [6, 6.07) is 2.92. The van der Waals surface area contributed by atoms with Crippen molar-refractivity contribution < 1.29 is 23.8 Å². The van der Waals surface area contributed by atoms with Crippen LogP contribution in [0.3, 0.4) is 0 Å². The van der Waals surface area contributed by atoms with E-state index in [1.165, 1.54) is 26.4 Å². The average molecular weight is 312 g/mol. The molecule has 0 saturated heterocycles. The molecular formula is C15H24O5Si. The Kier molecular flexibility index (Phi) is 4.93. The number of hydrogen-bond acceptors (Lipinski definition) is 4. The number of aromatic carboxylic acids is 1. The number of carbonyl (C=O) groups is 1. The summed E-state index contributed by atoms with van der Waals surface area (Å²) in [5, 5.41) is 9.20. The molecule has 0 aromatic heterocycles. The van der Waals surface area contributed by atoms with Gasteiger partial charge >= 0.3 is 5.97 Å². The van der Waals surface area contributed by atoms with E-state index in [1.54, 1.807) is 0 Å². The minimum atomic E-state index is -2.12. The standard InChI is InChI=1S/C15H24O5Si/c1-15(2,3)21(6,7)20-12-9-10(14(16)17)8-11(18-4)13(12)19-5/h8-9H,1-7H3,(H,16,17). The summed E-state index contributed by atoms with van der Waals surface area (Å²) in [6.45, 7) is 10.5. The Hall–Kier alpha value is -1.69. The van der Waals surface area contributed by atoms with Crippen LogP contribution in [-0.2, 0) is 0 Å². The minimum Gasteiger partial charge on any atom is -0.541 e. The summed E-state index contributed by atoms with van der Waals surface area (Å²) in [4.78, 5) is 11.2. The van der Waals surface area contributed by atoms with Crippen molar-refractivity contribution in [3.63, 3.8) is 0 Å². The molecule has 0 unspecified atom stereocenters. The van der Waals surface area contributed by atoms with E-state index in [9.17, 15) is 9.90 Å². The highest BCUT2D eigenvalue weighted by Gasteiger charge is 2.40. The molecule has 0 amide bonds. The molecule has 0 bridgehead atoms. The van der Waals surface area contributed by atoms with E-state index in [1.807, 2.05) is 0 Å². The van der Waals surface area contributed by atoms with Crippen molar-refractivity contribution in [3.8, 4) is 17.2 Å². The smallest absolute Gasteiger partial charge is 0.335 e. The highest BCUT2D eigenvalue weighted by atomic mass is 28.4. The monoisotopic (exact) mass is 312 g/mol. The van der Waals surface area contributed by atoms with E-state index in [4.69, 9.17) is 13.9 Å². The third kappa shape index (κ3) is 3.69. The van der Waals surface area contributed by atoms with E-state index < -0.39 is 14.3 Å². The molecule has 6 heteroatoms. The molecule has 0 aliphatic heterocycles. The quantitative estimate of drug-likeness (QED) is 0.838. The van der Waals surface area contributed by atoms with Crippen molar-refractivity contribution in [1.29, 1.82) is 0 Å². The molecule has 0 aliphatic carbocycles. The average Bonchev–Trinajstić information content (AvgIpc) is 2.35. The van der Waals surface area contributed by atoms with Crippen LogP contribution in [-0.4, -0.2) is 33.6 Å². The lowest BCUT2D eigenvalue weighted by Gasteiger charge is -2.37. The SMILES string of the molecule is COc1cc(C(=O)O)cc(O[Si](C)(C)C(C)(C)C)c1OC. The molecule has 0 saturated carbocycles. The van der Waals surface area contributed by atoms with Crippen LogP contribution in [0, 0.1) is 0 Å². The summed E-state index contributed by atoms with van der Waals surface area (Å²) in [5.74, 6) is 0.162. The highest BCUT2D eigenvalue weighted by Crippen LogP contribution is 2.43. The largest absolute Gasteiger partial charge is 0.541 e. The Bertz CT molecular complexity index is 532. The molecule has 0 heterocycles. The lowest BCUT2D eigenvalue weighted by atomic mass is 10.2. The first kappa shape index (κ1) is 17.4. The molecule has 5 nitrogen and oxygen atoms in total. The van der Waals surface area contributed by atoms with Gasteiger partial charge in [-0.05, 0) is 30.3 Å². The van der Waals surface area contributed by atoms with Gasteiger partial charge in [0.1, 0.15) is 0 Å². The minimum absolute atomic E-state index is 0.00945. The maximum Gasteiger partial charge on any atom is 0.335 e. The van der Waals surface area contributed by atoms with Crippen LogP contribution < -0.4 is 13.9 Å². The second-order valence-corrected chi connectivity index (χ2v) is 11.1. The lowest BCUT2D eigenvalue weighted by molar-refractivity contribution is 0.0696. The summed E-state index contributed by atoms with van der Waals surface area (Å²) in [6.07, 6.45) is 0. The van der Waals surface area contributed by atoms with Gasteiger partial charge in [-0.2, -0.15) is 0 Å². The maximum atomic E-state index is 11.2. The van der Waals surface area contributed by atoms with Crippen LogP contribution >= 0.6 is 0 Å². The first-order valence-corrected chi connectivity index (χ1v) is 9.62. The zero-order valence-electron chi connectivity index (χ0n) is 13.7. The summed E-state index contributed by atoms with van der Waals surface area (Å²) >= 11 is 0. The third-order valence-corrected chi connectivity index (χ3v) is 8.21. The molecule has 0 atom stereocenters. The van der Waals surface area contributed by atoms with Crippen molar-refractivity contribution in [1.82, 2.24) is 0 Å². The van der Waals surface area contributed by atoms with Crippen LogP contribution in [0.15, 0.2) is 12.1 Å². The fraction of sp³-hybridized carbons (Fsp3) is 0.533. The van der Waals surface area contributed by atoms with E-state index in [0.717, 1.165) is 0 Å². The molecule has 0 radical (unpaired) electrons. The maximum absolute atomic E-state index is 11.2. The van der Waals surface area contributed by atoms with Crippen molar-refractivity contribution in [2.24, 2.45) is 0 Å². The molecule has 21 heavy (non-hydrogen) atoms. The molecule has 118 valence electrons. The zero-order valence-corrected chi connectivity index (χ0v) is 14.7. The topological polar surface area (TPSA) is 65.0 Å². The van der Waals surface area contributed by atoms with Crippen LogP contribution in [0.1, 0.15) is 31.1 Å². The zero-order chi connectivity index (χ0) is 16.4. The second kappa shape index (κ2) is 5.97. The molecule has 0 aliphatic rings. The van der Waals surface area contributed by atoms with Crippen LogP contribution in [0.2, 0.25) is 18.1 Å². The molecule has 0 fully saturated rings. The van der Waals surface area contributed by atoms with Crippen molar-refractivity contribution in [2.75, 3.05) is 14.2 Å². The predicted octanol–water partition coefficient (Wildman–Crippen LogP) is 3.79. The second-order valence-electron chi connectivity index (χ2n) is 6.38. The highest BCUT2D eigenvalue weighted by molar-refractivity contribution is 6.74. The normalized spacial score (nSPS) is 12.0.